The van der Waals surface area contributed by atoms with Gasteiger partial charge in [0.15, 0.2) is 0 Å². The van der Waals surface area contributed by atoms with Gasteiger partial charge in [0.25, 0.3) is 0 Å². The maximum atomic E-state index is 4.40. The highest BCUT2D eigenvalue weighted by atomic mass is 32.1. The molecule has 3 nitrogen and oxygen atoms in total. The third kappa shape index (κ3) is 3.89. The molecule has 0 bridgehead atoms. The Bertz CT molecular complexity index is 1060. The Labute approximate surface area is 177 Å². The highest BCUT2D eigenvalue weighted by Crippen LogP contribution is 2.46. The van der Waals surface area contributed by atoms with Gasteiger partial charge in [0.1, 0.15) is 5.82 Å². The quantitative estimate of drug-likeness (QED) is 0.491. The molecule has 29 heavy (non-hydrogen) atoms. The number of aryl methyl sites for hydroxylation is 1. The van der Waals surface area contributed by atoms with Crippen molar-refractivity contribution in [3.05, 3.63) is 89.9 Å². The number of benzene rings is 1. The molecule has 2 aromatic heterocycles. The minimum absolute atomic E-state index is 0.781. The van der Waals surface area contributed by atoms with E-state index in [0.29, 0.717) is 0 Å². The van der Waals surface area contributed by atoms with Crippen molar-refractivity contribution in [3.8, 4) is 10.4 Å². The van der Waals surface area contributed by atoms with Gasteiger partial charge in [-0.25, -0.2) is 0 Å². The van der Waals surface area contributed by atoms with Crippen LogP contribution in [0.5, 0.6) is 0 Å². The summed E-state index contributed by atoms with van der Waals surface area (Å²) in [6, 6.07) is 12.6. The normalized spacial score (nSPS) is 13.0. The molecule has 0 spiro atoms. The second-order valence-corrected chi connectivity index (χ2v) is 7.51. The number of hydrogen-bond acceptors (Lipinski definition) is 4. The minimum atomic E-state index is 0.781. The maximum absolute atomic E-state index is 4.40. The number of pyridine rings is 1. The topological polar surface area (TPSA) is 28.2 Å². The van der Waals surface area contributed by atoms with E-state index in [9.17, 15) is 0 Å². The molecule has 0 radical (unpaired) electrons. The zero-order valence-corrected chi connectivity index (χ0v) is 18.3. The Morgan fingerprint density at radius 1 is 1.10 bits per heavy atom. The molecule has 0 saturated heterocycles. The fourth-order valence-corrected chi connectivity index (χ4v) is 4.41. The van der Waals surface area contributed by atoms with Gasteiger partial charge >= 0.3 is 0 Å². The molecule has 3 heterocycles. The number of allylic oxidation sites excluding steroid dienone is 1. The van der Waals surface area contributed by atoms with Gasteiger partial charge < -0.3 is 5.32 Å². The molecule has 1 aromatic carbocycles. The number of hydrogen-bond donors (Lipinski definition) is 1. The SMILES string of the molecule is C=C1Nc2cc(-c3ccccc3)sc2C(=C)N1c1cncc(C)c1/C=C\C.CC. The van der Waals surface area contributed by atoms with Gasteiger partial charge in [-0.1, -0.05) is 69.5 Å². The number of fused-ring (bicyclic) bond motifs is 1. The fraction of sp³-hybridized carbons (Fsp3) is 0.160. The van der Waals surface area contributed by atoms with Crippen LogP contribution in [0.4, 0.5) is 11.4 Å². The highest BCUT2D eigenvalue weighted by Gasteiger charge is 2.28. The van der Waals surface area contributed by atoms with Crippen molar-refractivity contribution in [3.63, 3.8) is 0 Å². The van der Waals surface area contributed by atoms with Gasteiger partial charge in [0.2, 0.25) is 0 Å². The monoisotopic (exact) mass is 401 g/mol. The van der Waals surface area contributed by atoms with E-state index in [4.69, 9.17) is 0 Å². The van der Waals surface area contributed by atoms with Crippen LogP contribution in [0.2, 0.25) is 0 Å². The fourth-order valence-electron chi connectivity index (χ4n) is 3.33. The Hall–Kier alpha value is -3.11. The van der Waals surface area contributed by atoms with Crippen LogP contribution in [0, 0.1) is 6.92 Å². The van der Waals surface area contributed by atoms with Crippen molar-refractivity contribution in [2.75, 3.05) is 10.2 Å². The highest BCUT2D eigenvalue weighted by molar-refractivity contribution is 7.17. The van der Waals surface area contributed by atoms with E-state index in [2.05, 4.69) is 71.7 Å². The second kappa shape index (κ2) is 8.93. The largest absolute Gasteiger partial charge is 0.341 e. The van der Waals surface area contributed by atoms with Crippen LogP contribution in [-0.2, 0) is 0 Å². The van der Waals surface area contributed by atoms with Crippen LogP contribution in [0.1, 0.15) is 36.8 Å². The molecule has 4 rings (SSSR count). The Morgan fingerprint density at radius 3 is 2.52 bits per heavy atom. The molecule has 148 valence electrons. The first-order valence-corrected chi connectivity index (χ1v) is 10.6. The van der Waals surface area contributed by atoms with Crippen LogP contribution in [0.3, 0.4) is 0 Å². The summed E-state index contributed by atoms with van der Waals surface area (Å²) in [5, 5.41) is 3.45. The van der Waals surface area contributed by atoms with E-state index in [-0.39, 0.29) is 0 Å². The van der Waals surface area contributed by atoms with Crippen LogP contribution >= 0.6 is 11.3 Å². The van der Waals surface area contributed by atoms with Crippen LogP contribution < -0.4 is 10.2 Å². The second-order valence-electron chi connectivity index (χ2n) is 6.46. The molecule has 3 aromatic rings. The lowest BCUT2D eigenvalue weighted by Gasteiger charge is -2.34. The predicted octanol–water partition coefficient (Wildman–Crippen LogP) is 7.55. The number of aromatic nitrogens is 1. The molecule has 0 saturated carbocycles. The van der Waals surface area contributed by atoms with Gasteiger partial charge in [-0.05, 0) is 31.0 Å². The van der Waals surface area contributed by atoms with Gasteiger partial charge in [0, 0.05) is 16.6 Å². The maximum Gasteiger partial charge on any atom is 0.108 e. The van der Waals surface area contributed by atoms with E-state index in [1.54, 1.807) is 11.3 Å². The molecule has 0 amide bonds. The van der Waals surface area contributed by atoms with Crippen molar-refractivity contribution in [1.29, 1.82) is 0 Å². The third-order valence-corrected chi connectivity index (χ3v) is 5.84. The lowest BCUT2D eigenvalue weighted by molar-refractivity contribution is 1.13. The summed E-state index contributed by atoms with van der Waals surface area (Å²) >= 11 is 1.74. The molecule has 1 aliphatic rings. The van der Waals surface area contributed by atoms with Crippen molar-refractivity contribution in [2.24, 2.45) is 0 Å². The van der Waals surface area contributed by atoms with E-state index >= 15 is 0 Å². The molecule has 0 atom stereocenters. The number of rotatable bonds is 3. The van der Waals surface area contributed by atoms with Gasteiger partial charge in [-0.2, -0.15) is 0 Å². The zero-order chi connectivity index (χ0) is 21.0. The lowest BCUT2D eigenvalue weighted by atomic mass is 10.1. The van der Waals surface area contributed by atoms with E-state index in [1.165, 1.54) is 10.4 Å². The molecule has 1 aliphatic heterocycles. The first-order valence-electron chi connectivity index (χ1n) is 9.82. The summed E-state index contributed by atoms with van der Waals surface area (Å²) < 4.78 is 0. The molecule has 0 aliphatic carbocycles. The number of anilines is 2. The van der Waals surface area contributed by atoms with Crippen LogP contribution in [-0.4, -0.2) is 4.98 Å². The summed E-state index contributed by atoms with van der Waals surface area (Å²) in [6.07, 6.45) is 7.90. The van der Waals surface area contributed by atoms with E-state index in [0.717, 1.165) is 38.9 Å². The third-order valence-electron chi connectivity index (χ3n) is 4.61. The van der Waals surface area contributed by atoms with Gasteiger partial charge in [-0.3, -0.25) is 9.88 Å². The summed E-state index contributed by atoms with van der Waals surface area (Å²) in [6.45, 7) is 16.7. The zero-order valence-electron chi connectivity index (χ0n) is 17.5. The van der Waals surface area contributed by atoms with Crippen LogP contribution in [0.25, 0.3) is 22.2 Å². The number of nitrogens with one attached hydrogen (secondary N) is 1. The molecule has 0 fully saturated rings. The van der Waals surface area contributed by atoms with E-state index < -0.39 is 0 Å². The molecular weight excluding hydrogens is 374 g/mol. The first-order chi connectivity index (χ1) is 14.1. The van der Waals surface area contributed by atoms with Crippen molar-refractivity contribution >= 4 is 34.5 Å². The van der Waals surface area contributed by atoms with Crippen molar-refractivity contribution in [2.45, 2.75) is 27.7 Å². The van der Waals surface area contributed by atoms with Crippen LogP contribution in [0.15, 0.2) is 73.8 Å². The Morgan fingerprint density at radius 2 is 1.83 bits per heavy atom. The average molecular weight is 402 g/mol. The smallest absolute Gasteiger partial charge is 0.108 e. The number of nitrogens with zero attached hydrogens (tertiary/aromatic N) is 2. The Kier molecular flexibility index (Phi) is 6.35. The van der Waals surface area contributed by atoms with Crippen molar-refractivity contribution < 1.29 is 0 Å². The summed E-state index contributed by atoms with van der Waals surface area (Å²) in [5.41, 5.74) is 6.40. The molecular formula is C25H27N3S. The van der Waals surface area contributed by atoms with Crippen molar-refractivity contribution in [1.82, 2.24) is 4.98 Å². The predicted molar refractivity (Wildman–Crippen MR) is 129 cm³/mol. The minimum Gasteiger partial charge on any atom is -0.341 e. The Balaban J connectivity index is 0.00000117. The molecule has 1 N–H and O–H groups in total. The average Bonchev–Trinajstić information content (AvgIpc) is 3.17. The summed E-state index contributed by atoms with van der Waals surface area (Å²) in [5.74, 6) is 0.781. The van der Waals surface area contributed by atoms with E-state index in [1.807, 2.05) is 45.3 Å². The molecule has 4 heteroatoms. The lowest BCUT2D eigenvalue weighted by Crippen LogP contribution is -2.29. The van der Waals surface area contributed by atoms with Gasteiger partial charge in [-0.15, -0.1) is 11.3 Å². The first kappa shape index (κ1) is 20.6. The standard InChI is InChI=1S/C23H21N3S.C2H6/c1-5-9-19-15(2)13-24-14-21(19)26-16(3)23-20(25-17(26)4)12-22(27-23)18-10-7-6-8-11-18;1-2/h5-14,25H,3-4H2,1-2H3;1-2H3/b9-5-;. The van der Waals surface area contributed by atoms with Gasteiger partial charge in [0.05, 0.1) is 28.1 Å². The summed E-state index contributed by atoms with van der Waals surface area (Å²) in [4.78, 5) is 8.78. The number of thiophene rings is 1. The molecule has 0 unspecified atom stereocenters. The summed E-state index contributed by atoms with van der Waals surface area (Å²) in [7, 11) is 0.